The van der Waals surface area contributed by atoms with Gasteiger partial charge in [0, 0.05) is 10.2 Å². The van der Waals surface area contributed by atoms with Crippen molar-refractivity contribution >= 4 is 21.0 Å². The second kappa shape index (κ2) is 3.58. The lowest BCUT2D eigenvalue weighted by molar-refractivity contribution is -0.105. The van der Waals surface area contributed by atoms with Gasteiger partial charge in [0.05, 0.1) is 10.8 Å². The van der Waals surface area contributed by atoms with Crippen LogP contribution in [0.2, 0.25) is 0 Å². The minimum atomic E-state index is -4.20. The quantitative estimate of drug-likeness (QED) is 0.473. The third kappa shape index (κ3) is 8.45. The Morgan fingerprint density at radius 2 is 2.00 bits per heavy atom. The van der Waals surface area contributed by atoms with Crippen LogP contribution in [0.15, 0.2) is 0 Å². The second-order valence-corrected chi connectivity index (χ2v) is 4.72. The van der Waals surface area contributed by atoms with Crippen molar-refractivity contribution in [3.05, 3.63) is 0 Å². The molecular weight excluding hydrogens is 173 g/mol. The average Bonchev–Trinajstić information content (AvgIpc) is 1.59. The standard InChI is InChI=1S/C3H5F3OS2/c1-9(7)8-2-3(4,5)6/h2H2,1H3. The predicted octanol–water partition coefficient (Wildman–Crippen LogP) is 1.58. The topological polar surface area (TPSA) is 23.1 Å². The minimum absolute atomic E-state index is 0.385. The summed E-state index contributed by atoms with van der Waals surface area (Å²) >= 11 is 0. The molecule has 56 valence electrons. The van der Waals surface area contributed by atoms with E-state index in [1.54, 1.807) is 0 Å². The van der Waals surface area contributed by atoms with Crippen LogP contribution in [0.1, 0.15) is 0 Å². The molecule has 1 unspecified atom stereocenters. The zero-order valence-electron chi connectivity index (χ0n) is 4.57. The molecule has 0 aromatic carbocycles. The van der Waals surface area contributed by atoms with Crippen LogP contribution < -0.4 is 0 Å². The molecule has 0 aliphatic rings. The molecule has 0 amide bonds. The smallest absolute Gasteiger partial charge is 0.402 e. The lowest BCUT2D eigenvalue weighted by Crippen LogP contribution is -2.12. The first-order valence-electron chi connectivity index (χ1n) is 1.95. The molecule has 0 aliphatic carbocycles. The molecule has 0 radical (unpaired) electrons. The zero-order valence-corrected chi connectivity index (χ0v) is 6.20. The molecule has 0 heterocycles. The van der Waals surface area contributed by atoms with Gasteiger partial charge in [0.2, 0.25) is 0 Å². The van der Waals surface area contributed by atoms with Gasteiger partial charge in [-0.3, -0.25) is 0 Å². The van der Waals surface area contributed by atoms with Crippen molar-refractivity contribution in [3.8, 4) is 0 Å². The first-order valence-corrected chi connectivity index (χ1v) is 5.01. The second-order valence-electron chi connectivity index (χ2n) is 1.28. The average molecular weight is 178 g/mol. The molecule has 1 atom stereocenters. The van der Waals surface area contributed by atoms with E-state index in [0.29, 0.717) is 10.8 Å². The van der Waals surface area contributed by atoms with Crippen LogP contribution in [0.5, 0.6) is 0 Å². The molecule has 9 heavy (non-hydrogen) atoms. The van der Waals surface area contributed by atoms with E-state index in [-0.39, 0.29) is 0 Å². The Labute approximate surface area is 57.6 Å². The van der Waals surface area contributed by atoms with Crippen LogP contribution in [-0.2, 0) is 10.2 Å². The van der Waals surface area contributed by atoms with E-state index in [1.807, 2.05) is 0 Å². The van der Waals surface area contributed by atoms with Gasteiger partial charge in [-0.2, -0.15) is 13.2 Å². The van der Waals surface area contributed by atoms with Gasteiger partial charge in [-0.05, 0) is 0 Å². The number of rotatable bonds is 2. The highest BCUT2D eigenvalue weighted by Crippen LogP contribution is 2.23. The minimum Gasteiger partial charge on any atom is -0.605 e. The Kier molecular flexibility index (Phi) is 3.76. The van der Waals surface area contributed by atoms with Crippen LogP contribution in [0.4, 0.5) is 13.2 Å². The first-order chi connectivity index (χ1) is 3.92. The van der Waals surface area contributed by atoms with Crippen molar-refractivity contribution in [2.24, 2.45) is 0 Å². The summed E-state index contributed by atoms with van der Waals surface area (Å²) in [5.41, 5.74) is 0. The fraction of sp³-hybridized carbons (Fsp3) is 1.00. The molecule has 0 aliphatic heterocycles. The van der Waals surface area contributed by atoms with Crippen molar-refractivity contribution in [2.75, 3.05) is 12.0 Å². The summed E-state index contributed by atoms with van der Waals surface area (Å²) in [5, 5.41) is 0. The molecule has 0 bridgehead atoms. The monoisotopic (exact) mass is 178 g/mol. The fourth-order valence-electron chi connectivity index (χ4n) is 0.150. The van der Waals surface area contributed by atoms with E-state index >= 15 is 0 Å². The molecule has 0 aromatic heterocycles. The van der Waals surface area contributed by atoms with Crippen molar-refractivity contribution in [2.45, 2.75) is 6.18 Å². The number of halogens is 3. The van der Waals surface area contributed by atoms with Crippen LogP contribution in [0.3, 0.4) is 0 Å². The summed E-state index contributed by atoms with van der Waals surface area (Å²) in [4.78, 5) is 0. The van der Waals surface area contributed by atoms with Crippen molar-refractivity contribution < 1.29 is 17.7 Å². The van der Waals surface area contributed by atoms with Crippen molar-refractivity contribution in [3.63, 3.8) is 0 Å². The van der Waals surface area contributed by atoms with Gasteiger partial charge in [-0.1, -0.05) is 0 Å². The zero-order chi connectivity index (χ0) is 7.49. The van der Waals surface area contributed by atoms with Gasteiger partial charge in [0.15, 0.2) is 0 Å². The SMILES string of the molecule is C[S+]([O-])SCC(F)(F)F. The Balaban J connectivity index is 3.28. The molecule has 6 heteroatoms. The van der Waals surface area contributed by atoms with Gasteiger partial charge in [0.1, 0.15) is 12.0 Å². The van der Waals surface area contributed by atoms with Crippen LogP contribution >= 0.6 is 10.8 Å². The van der Waals surface area contributed by atoms with E-state index in [9.17, 15) is 17.7 Å². The van der Waals surface area contributed by atoms with Crippen LogP contribution in [0.25, 0.3) is 0 Å². The summed E-state index contributed by atoms with van der Waals surface area (Å²) in [6.07, 6.45) is -2.98. The third-order valence-electron chi connectivity index (χ3n) is 0.389. The summed E-state index contributed by atoms with van der Waals surface area (Å²) < 4.78 is 43.8. The Hall–Kier alpha value is 0.450. The molecular formula is C3H5F3OS2. The van der Waals surface area contributed by atoms with E-state index in [1.165, 1.54) is 6.26 Å². The summed E-state index contributed by atoms with van der Waals surface area (Å²) in [7, 11) is -1.03. The largest absolute Gasteiger partial charge is 0.605 e. The van der Waals surface area contributed by atoms with E-state index in [4.69, 9.17) is 0 Å². The van der Waals surface area contributed by atoms with Crippen molar-refractivity contribution in [1.82, 2.24) is 0 Å². The van der Waals surface area contributed by atoms with Crippen molar-refractivity contribution in [1.29, 1.82) is 0 Å². The maximum Gasteiger partial charge on any atom is 0.402 e. The maximum atomic E-state index is 11.3. The number of alkyl halides is 3. The molecule has 0 N–H and O–H groups in total. The summed E-state index contributed by atoms with van der Waals surface area (Å²) in [6.45, 7) is 0. The lowest BCUT2D eigenvalue weighted by Gasteiger charge is -2.04. The predicted molar refractivity (Wildman–Crippen MR) is 32.6 cm³/mol. The molecule has 0 saturated carbocycles. The molecule has 0 aromatic rings. The summed E-state index contributed by atoms with van der Waals surface area (Å²) in [6, 6.07) is 0. The Morgan fingerprint density at radius 1 is 1.56 bits per heavy atom. The molecule has 0 rings (SSSR count). The summed E-state index contributed by atoms with van der Waals surface area (Å²) in [5.74, 6) is -1.03. The molecule has 1 nitrogen and oxygen atoms in total. The Morgan fingerprint density at radius 3 is 2.11 bits per heavy atom. The Bertz CT molecular complexity index is 81.6. The van der Waals surface area contributed by atoms with Crippen LogP contribution in [0, 0.1) is 0 Å². The van der Waals surface area contributed by atoms with Gasteiger partial charge in [-0.15, -0.1) is 0 Å². The molecule has 0 saturated heterocycles. The van der Waals surface area contributed by atoms with E-state index < -0.39 is 22.1 Å². The maximum absolute atomic E-state index is 11.3. The molecule has 0 fully saturated rings. The van der Waals surface area contributed by atoms with E-state index in [0.717, 1.165) is 0 Å². The van der Waals surface area contributed by atoms with Gasteiger partial charge < -0.3 is 4.55 Å². The normalized spacial score (nSPS) is 15.7. The highest BCUT2D eigenvalue weighted by atomic mass is 33.1. The highest BCUT2D eigenvalue weighted by Gasteiger charge is 2.29. The fourth-order valence-corrected chi connectivity index (χ4v) is 1.35. The first kappa shape index (κ1) is 9.45. The van der Waals surface area contributed by atoms with Gasteiger partial charge in [-0.25, -0.2) is 0 Å². The molecule has 0 spiro atoms. The van der Waals surface area contributed by atoms with E-state index in [2.05, 4.69) is 0 Å². The van der Waals surface area contributed by atoms with Gasteiger partial charge in [0.25, 0.3) is 0 Å². The van der Waals surface area contributed by atoms with Gasteiger partial charge >= 0.3 is 6.18 Å². The highest BCUT2D eigenvalue weighted by molar-refractivity contribution is 8.71. The third-order valence-corrected chi connectivity index (χ3v) is 2.51. The number of hydrogen-bond donors (Lipinski definition) is 0. The van der Waals surface area contributed by atoms with Crippen LogP contribution in [-0.4, -0.2) is 22.7 Å². The lowest BCUT2D eigenvalue weighted by atomic mass is 10.8. The number of hydrogen-bond acceptors (Lipinski definition) is 2.